The van der Waals surface area contributed by atoms with Gasteiger partial charge in [0.05, 0.1) is 12.6 Å². The lowest BCUT2D eigenvalue weighted by atomic mass is 10.3. The van der Waals surface area contributed by atoms with Gasteiger partial charge >= 0.3 is 0 Å². The molecule has 0 saturated heterocycles. The van der Waals surface area contributed by atoms with Crippen LogP contribution in [0.5, 0.6) is 0 Å². The molecule has 0 aliphatic rings. The van der Waals surface area contributed by atoms with E-state index in [1.807, 2.05) is 6.92 Å². The predicted molar refractivity (Wildman–Crippen MR) is 78.9 cm³/mol. The number of nitrogens with zero attached hydrogens (tertiary/aromatic N) is 2. The van der Waals surface area contributed by atoms with E-state index in [9.17, 15) is 8.42 Å². The maximum absolute atomic E-state index is 12.4. The number of furan rings is 1. The predicted octanol–water partition coefficient (Wildman–Crippen LogP) is 1.31. The Balaban J connectivity index is 2.17. The third-order valence-electron chi connectivity index (χ3n) is 2.72. The minimum absolute atomic E-state index is 0.0572. The molecule has 0 aliphatic heterocycles. The third kappa shape index (κ3) is 3.90. The molecule has 0 aliphatic carbocycles. The summed E-state index contributed by atoms with van der Waals surface area (Å²) in [6, 6.07) is 0.957. The molecule has 0 bridgehead atoms. The van der Waals surface area contributed by atoms with Crippen molar-refractivity contribution in [3.63, 3.8) is 0 Å². The fraction of sp³-hybridized carbons (Fsp3) is 0.455. The summed E-state index contributed by atoms with van der Waals surface area (Å²) in [6.07, 6.45) is 1.32. The second kappa shape index (κ2) is 6.69. The van der Waals surface area contributed by atoms with E-state index in [1.165, 1.54) is 12.4 Å². The van der Waals surface area contributed by atoms with Crippen LogP contribution in [-0.2, 0) is 16.6 Å². The van der Waals surface area contributed by atoms with Crippen molar-refractivity contribution in [1.29, 1.82) is 0 Å². The normalized spacial score (nSPS) is 13.5. The number of nitrogens with one attached hydrogen (secondary N) is 3. The highest BCUT2D eigenvalue weighted by molar-refractivity contribution is 9.10. The van der Waals surface area contributed by atoms with Crippen LogP contribution >= 0.6 is 15.9 Å². The summed E-state index contributed by atoms with van der Waals surface area (Å²) in [5, 5.41) is 9.39. The Morgan fingerprint density at radius 3 is 2.90 bits per heavy atom. The highest BCUT2D eigenvalue weighted by Crippen LogP contribution is 2.27. The van der Waals surface area contributed by atoms with Gasteiger partial charge in [-0.15, -0.1) is 0 Å². The van der Waals surface area contributed by atoms with Gasteiger partial charge in [-0.3, -0.25) is 5.10 Å². The summed E-state index contributed by atoms with van der Waals surface area (Å²) in [5.41, 5.74) is 0. The first-order valence-electron chi connectivity index (χ1n) is 6.30. The van der Waals surface area contributed by atoms with Crippen molar-refractivity contribution in [2.45, 2.75) is 31.3 Å². The molecule has 2 aromatic rings. The van der Waals surface area contributed by atoms with Crippen molar-refractivity contribution in [1.82, 2.24) is 25.2 Å². The highest BCUT2D eigenvalue weighted by Gasteiger charge is 2.25. The largest absolute Gasteiger partial charge is 0.452 e. The Morgan fingerprint density at radius 2 is 2.29 bits per heavy atom. The summed E-state index contributed by atoms with van der Waals surface area (Å²) in [7, 11) is -3.73. The van der Waals surface area contributed by atoms with Crippen molar-refractivity contribution in [3.05, 3.63) is 28.6 Å². The molecule has 2 aromatic heterocycles. The van der Waals surface area contributed by atoms with Crippen LogP contribution in [0.1, 0.15) is 31.5 Å². The molecule has 2 rings (SSSR count). The van der Waals surface area contributed by atoms with Crippen LogP contribution in [0.2, 0.25) is 0 Å². The number of H-pyrrole nitrogens is 1. The number of sulfonamides is 1. The van der Waals surface area contributed by atoms with Crippen LogP contribution in [0, 0.1) is 0 Å². The lowest BCUT2D eigenvalue weighted by Crippen LogP contribution is -2.27. The van der Waals surface area contributed by atoms with Crippen molar-refractivity contribution >= 4 is 26.0 Å². The number of halogens is 1. The number of aromatic amines is 1. The molecule has 1 unspecified atom stereocenters. The minimum Gasteiger partial charge on any atom is -0.452 e. The number of hydrogen-bond donors (Lipinski definition) is 3. The average Bonchev–Trinajstić information content (AvgIpc) is 3.05. The molecule has 8 nitrogen and oxygen atoms in total. The van der Waals surface area contributed by atoms with Gasteiger partial charge in [-0.1, -0.05) is 6.92 Å². The number of rotatable bonds is 7. The van der Waals surface area contributed by atoms with Crippen LogP contribution in [0.25, 0.3) is 0 Å². The van der Waals surface area contributed by atoms with E-state index in [0.717, 1.165) is 6.54 Å². The summed E-state index contributed by atoms with van der Waals surface area (Å²) in [5.74, 6) is 0.975. The zero-order valence-corrected chi connectivity index (χ0v) is 14.0. The van der Waals surface area contributed by atoms with Crippen molar-refractivity contribution in [3.8, 4) is 0 Å². The fourth-order valence-electron chi connectivity index (χ4n) is 1.69. The molecule has 0 fully saturated rings. The van der Waals surface area contributed by atoms with E-state index in [4.69, 9.17) is 4.42 Å². The standard InChI is InChI=1S/C11H16BrN5O3S/c1-3-13-5-8-4-9(10(12)20-8)21(18,19)17-7(2)11-14-6-15-16-11/h4,6-7,13,17H,3,5H2,1-2H3,(H,14,15,16). The molecule has 21 heavy (non-hydrogen) atoms. The maximum Gasteiger partial charge on any atom is 0.245 e. The van der Waals surface area contributed by atoms with E-state index in [-0.39, 0.29) is 9.56 Å². The topological polar surface area (TPSA) is 113 Å². The van der Waals surface area contributed by atoms with Gasteiger partial charge in [0.15, 0.2) is 4.67 Å². The van der Waals surface area contributed by atoms with Gasteiger partial charge in [0.1, 0.15) is 22.8 Å². The van der Waals surface area contributed by atoms with Gasteiger partial charge in [0.25, 0.3) is 0 Å². The zero-order chi connectivity index (χ0) is 15.5. The molecule has 0 spiro atoms. The first-order valence-corrected chi connectivity index (χ1v) is 8.58. The first kappa shape index (κ1) is 16.1. The average molecular weight is 378 g/mol. The van der Waals surface area contributed by atoms with Crippen LogP contribution < -0.4 is 10.0 Å². The van der Waals surface area contributed by atoms with Gasteiger partial charge in [0.2, 0.25) is 10.0 Å². The highest BCUT2D eigenvalue weighted by atomic mass is 79.9. The van der Waals surface area contributed by atoms with E-state index in [2.05, 4.69) is 41.2 Å². The first-order chi connectivity index (χ1) is 9.94. The molecule has 0 saturated carbocycles. The Morgan fingerprint density at radius 1 is 1.52 bits per heavy atom. The Kier molecular flexibility index (Phi) is 5.14. The lowest BCUT2D eigenvalue weighted by Gasteiger charge is -2.10. The third-order valence-corrected chi connectivity index (χ3v) is 5.12. The van der Waals surface area contributed by atoms with E-state index < -0.39 is 16.1 Å². The quantitative estimate of drug-likeness (QED) is 0.670. The Bertz CT molecular complexity index is 683. The Hall–Kier alpha value is -1.23. The second-order valence-corrected chi connectivity index (χ2v) is 6.75. The molecule has 3 N–H and O–H groups in total. The maximum atomic E-state index is 12.4. The molecule has 0 amide bonds. The molecular weight excluding hydrogens is 362 g/mol. The summed E-state index contributed by atoms with van der Waals surface area (Å²) in [6.45, 7) is 4.85. The number of aromatic nitrogens is 3. The van der Waals surface area contributed by atoms with Gasteiger partial charge in [-0.2, -0.15) is 5.10 Å². The minimum atomic E-state index is -3.73. The second-order valence-electron chi connectivity index (χ2n) is 4.34. The van der Waals surface area contributed by atoms with E-state index in [0.29, 0.717) is 18.1 Å². The van der Waals surface area contributed by atoms with Crippen LogP contribution in [0.3, 0.4) is 0 Å². The van der Waals surface area contributed by atoms with Crippen LogP contribution in [0.15, 0.2) is 26.4 Å². The van der Waals surface area contributed by atoms with Gasteiger partial charge < -0.3 is 9.73 Å². The molecule has 0 radical (unpaired) electrons. The lowest BCUT2D eigenvalue weighted by molar-refractivity contribution is 0.463. The van der Waals surface area contributed by atoms with Gasteiger partial charge in [-0.25, -0.2) is 18.1 Å². The SMILES string of the molecule is CCNCc1cc(S(=O)(=O)NC(C)c2ncn[nH]2)c(Br)o1. The zero-order valence-electron chi connectivity index (χ0n) is 11.6. The van der Waals surface area contributed by atoms with E-state index in [1.54, 1.807) is 6.92 Å². The Labute approximate surface area is 130 Å². The summed E-state index contributed by atoms with van der Waals surface area (Å²) >= 11 is 3.13. The molecule has 0 aromatic carbocycles. The molecule has 2 heterocycles. The van der Waals surface area contributed by atoms with Crippen molar-refractivity contribution in [2.75, 3.05) is 6.54 Å². The van der Waals surface area contributed by atoms with Crippen LogP contribution in [0.4, 0.5) is 0 Å². The van der Waals surface area contributed by atoms with Gasteiger partial charge in [-0.05, 0) is 29.4 Å². The monoisotopic (exact) mass is 377 g/mol. The molecular formula is C11H16BrN5O3S. The molecule has 116 valence electrons. The van der Waals surface area contributed by atoms with Crippen molar-refractivity contribution in [2.24, 2.45) is 0 Å². The van der Waals surface area contributed by atoms with E-state index >= 15 is 0 Å². The fourth-order valence-corrected chi connectivity index (χ4v) is 3.90. The van der Waals surface area contributed by atoms with Crippen LogP contribution in [-0.4, -0.2) is 30.1 Å². The summed E-state index contributed by atoms with van der Waals surface area (Å²) < 4.78 is 32.8. The summed E-state index contributed by atoms with van der Waals surface area (Å²) in [4.78, 5) is 3.98. The van der Waals surface area contributed by atoms with Crippen molar-refractivity contribution < 1.29 is 12.8 Å². The number of hydrogen-bond acceptors (Lipinski definition) is 6. The molecule has 1 atom stereocenters. The molecule has 10 heteroatoms. The smallest absolute Gasteiger partial charge is 0.245 e. The van der Waals surface area contributed by atoms with Gasteiger partial charge in [0, 0.05) is 6.07 Å².